The van der Waals surface area contributed by atoms with E-state index in [0.717, 1.165) is 5.56 Å². The third-order valence-electron chi connectivity index (χ3n) is 2.41. The topological polar surface area (TPSA) is 62.5 Å². The van der Waals surface area contributed by atoms with Crippen LogP contribution in [-0.2, 0) is 6.42 Å². The number of phenols is 1. The van der Waals surface area contributed by atoms with Crippen LogP contribution in [0.5, 0.6) is 5.75 Å². The van der Waals surface area contributed by atoms with Crippen LogP contribution in [0.25, 0.3) is 0 Å². The van der Waals surface area contributed by atoms with E-state index in [9.17, 15) is 9.90 Å². The first-order valence-corrected chi connectivity index (χ1v) is 6.26. The lowest BCUT2D eigenvalue weighted by molar-refractivity contribution is 0.0925. The molecule has 0 unspecified atom stereocenters. The summed E-state index contributed by atoms with van der Waals surface area (Å²) in [7, 11) is 0. The summed E-state index contributed by atoms with van der Waals surface area (Å²) < 4.78 is 5.66. The smallest absolute Gasteiger partial charge is 0.287 e. The van der Waals surface area contributed by atoms with Gasteiger partial charge >= 0.3 is 0 Å². The molecule has 94 valence electrons. The molecule has 0 aliphatic carbocycles. The Bertz CT molecular complexity index is 551. The van der Waals surface area contributed by atoms with Gasteiger partial charge in [0, 0.05) is 6.54 Å². The Hall–Kier alpha value is -1.75. The highest BCUT2D eigenvalue weighted by atomic mass is 79.9. The van der Waals surface area contributed by atoms with Crippen molar-refractivity contribution >= 4 is 21.8 Å². The third-order valence-corrected chi connectivity index (χ3v) is 2.83. The van der Waals surface area contributed by atoms with E-state index in [1.165, 1.54) is 0 Å². The first kappa shape index (κ1) is 12.7. The zero-order valence-electron chi connectivity index (χ0n) is 9.52. The van der Waals surface area contributed by atoms with Gasteiger partial charge < -0.3 is 14.8 Å². The van der Waals surface area contributed by atoms with Crippen LogP contribution in [0.1, 0.15) is 16.1 Å². The molecule has 0 bridgehead atoms. The van der Waals surface area contributed by atoms with Crippen molar-refractivity contribution in [2.75, 3.05) is 6.54 Å². The average molecular weight is 310 g/mol. The molecule has 2 rings (SSSR count). The summed E-state index contributed by atoms with van der Waals surface area (Å²) in [6, 6.07) is 10.2. The molecule has 0 aliphatic heterocycles. The lowest BCUT2D eigenvalue weighted by Gasteiger charge is -2.03. The molecule has 5 heteroatoms. The number of aromatic hydroxyl groups is 1. The molecule has 1 heterocycles. The molecule has 2 aromatic rings. The fourth-order valence-electron chi connectivity index (χ4n) is 1.56. The van der Waals surface area contributed by atoms with Crippen LogP contribution in [0.4, 0.5) is 0 Å². The Labute approximate surface area is 113 Å². The summed E-state index contributed by atoms with van der Waals surface area (Å²) in [4.78, 5) is 11.6. The number of carbonyl (C=O) groups excluding carboxylic acids is 1. The van der Waals surface area contributed by atoms with Crippen molar-refractivity contribution in [3.8, 4) is 5.75 Å². The summed E-state index contributed by atoms with van der Waals surface area (Å²) in [5.41, 5.74) is 0.968. The lowest BCUT2D eigenvalue weighted by atomic mass is 10.1. The van der Waals surface area contributed by atoms with Gasteiger partial charge in [0.05, 0.1) is 0 Å². The Morgan fingerprint density at radius 2 is 2.17 bits per heavy atom. The number of hydrogen-bond donors (Lipinski definition) is 2. The second-order valence-corrected chi connectivity index (χ2v) is 4.56. The van der Waals surface area contributed by atoms with Gasteiger partial charge in [-0.1, -0.05) is 12.1 Å². The van der Waals surface area contributed by atoms with Crippen LogP contribution >= 0.6 is 15.9 Å². The molecule has 1 amide bonds. The quantitative estimate of drug-likeness (QED) is 0.913. The summed E-state index contributed by atoms with van der Waals surface area (Å²) in [5.74, 6) is 0.257. The van der Waals surface area contributed by atoms with Gasteiger partial charge in [-0.05, 0) is 52.2 Å². The second kappa shape index (κ2) is 5.73. The van der Waals surface area contributed by atoms with Gasteiger partial charge in [-0.2, -0.15) is 0 Å². The van der Waals surface area contributed by atoms with E-state index in [0.29, 0.717) is 17.6 Å². The summed E-state index contributed by atoms with van der Waals surface area (Å²) in [6.07, 6.45) is 0.655. The van der Waals surface area contributed by atoms with E-state index < -0.39 is 0 Å². The lowest BCUT2D eigenvalue weighted by Crippen LogP contribution is -2.25. The number of nitrogens with one attached hydrogen (secondary N) is 1. The van der Waals surface area contributed by atoms with E-state index in [2.05, 4.69) is 21.2 Å². The number of furan rings is 1. The van der Waals surface area contributed by atoms with Gasteiger partial charge in [-0.25, -0.2) is 0 Å². The van der Waals surface area contributed by atoms with E-state index >= 15 is 0 Å². The van der Waals surface area contributed by atoms with Crippen molar-refractivity contribution in [1.82, 2.24) is 5.32 Å². The SMILES string of the molecule is O=C(NCCc1cccc(O)c1)c1ccc(Br)o1. The maximum atomic E-state index is 11.6. The third kappa shape index (κ3) is 3.37. The van der Waals surface area contributed by atoms with Crippen molar-refractivity contribution in [2.24, 2.45) is 0 Å². The second-order valence-electron chi connectivity index (χ2n) is 3.78. The molecule has 1 aromatic carbocycles. The molecule has 18 heavy (non-hydrogen) atoms. The van der Waals surface area contributed by atoms with Crippen LogP contribution in [0.2, 0.25) is 0 Å². The number of phenolic OH excluding ortho intramolecular Hbond substituents is 1. The summed E-state index contributed by atoms with van der Waals surface area (Å²) in [5, 5.41) is 12.0. The maximum absolute atomic E-state index is 11.6. The van der Waals surface area contributed by atoms with Crippen molar-refractivity contribution in [3.63, 3.8) is 0 Å². The molecule has 2 N–H and O–H groups in total. The highest BCUT2D eigenvalue weighted by molar-refractivity contribution is 9.10. The minimum Gasteiger partial charge on any atom is -0.508 e. The number of rotatable bonds is 4. The zero-order valence-corrected chi connectivity index (χ0v) is 11.1. The van der Waals surface area contributed by atoms with Crippen LogP contribution in [0.15, 0.2) is 45.5 Å². The molecule has 0 aliphatic rings. The highest BCUT2D eigenvalue weighted by Crippen LogP contribution is 2.14. The van der Waals surface area contributed by atoms with Crippen molar-refractivity contribution in [3.05, 3.63) is 52.4 Å². The summed E-state index contributed by atoms with van der Waals surface area (Å²) >= 11 is 3.14. The number of halogens is 1. The molecule has 0 atom stereocenters. The number of benzene rings is 1. The Kier molecular flexibility index (Phi) is 4.04. The first-order chi connectivity index (χ1) is 8.65. The molecular formula is C13H12BrNO3. The Morgan fingerprint density at radius 1 is 1.33 bits per heavy atom. The molecule has 4 nitrogen and oxygen atoms in total. The van der Waals surface area contributed by atoms with Crippen molar-refractivity contribution in [2.45, 2.75) is 6.42 Å². The van der Waals surface area contributed by atoms with Gasteiger partial charge in [-0.3, -0.25) is 4.79 Å². The van der Waals surface area contributed by atoms with Crippen LogP contribution in [0.3, 0.4) is 0 Å². The predicted octanol–water partition coefficient (Wildman–Crippen LogP) is 2.72. The normalized spacial score (nSPS) is 10.3. The fraction of sp³-hybridized carbons (Fsp3) is 0.154. The highest BCUT2D eigenvalue weighted by Gasteiger charge is 2.09. The van der Waals surface area contributed by atoms with Crippen molar-refractivity contribution in [1.29, 1.82) is 0 Å². The average Bonchev–Trinajstić information content (AvgIpc) is 2.76. The minimum atomic E-state index is -0.249. The van der Waals surface area contributed by atoms with Crippen LogP contribution < -0.4 is 5.32 Å². The van der Waals surface area contributed by atoms with Gasteiger partial charge in [0.25, 0.3) is 5.91 Å². The van der Waals surface area contributed by atoms with E-state index in [1.54, 1.807) is 30.3 Å². The summed E-state index contributed by atoms with van der Waals surface area (Å²) in [6.45, 7) is 0.487. The molecule has 0 fully saturated rings. The van der Waals surface area contributed by atoms with Crippen LogP contribution in [0, 0.1) is 0 Å². The number of hydrogen-bond acceptors (Lipinski definition) is 3. The maximum Gasteiger partial charge on any atom is 0.287 e. The van der Waals surface area contributed by atoms with Crippen LogP contribution in [-0.4, -0.2) is 17.6 Å². The van der Waals surface area contributed by atoms with Gasteiger partial charge in [-0.15, -0.1) is 0 Å². The standard InChI is InChI=1S/C13H12BrNO3/c14-12-5-4-11(18-12)13(17)15-7-6-9-2-1-3-10(16)8-9/h1-5,8,16H,6-7H2,(H,15,17). The van der Waals surface area contributed by atoms with Gasteiger partial charge in [0.2, 0.25) is 0 Å². The fourth-order valence-corrected chi connectivity index (χ4v) is 1.86. The van der Waals surface area contributed by atoms with Gasteiger partial charge in [0.15, 0.2) is 10.4 Å². The largest absolute Gasteiger partial charge is 0.508 e. The molecule has 0 saturated heterocycles. The predicted molar refractivity (Wildman–Crippen MR) is 70.6 cm³/mol. The molecule has 1 aromatic heterocycles. The molecule has 0 saturated carbocycles. The molecule has 0 radical (unpaired) electrons. The van der Waals surface area contributed by atoms with Crippen molar-refractivity contribution < 1.29 is 14.3 Å². The first-order valence-electron chi connectivity index (χ1n) is 5.46. The molecular weight excluding hydrogens is 298 g/mol. The van der Waals surface area contributed by atoms with E-state index in [4.69, 9.17) is 4.42 Å². The number of carbonyl (C=O) groups is 1. The Morgan fingerprint density at radius 3 is 2.83 bits per heavy atom. The molecule has 0 spiro atoms. The van der Waals surface area contributed by atoms with E-state index in [-0.39, 0.29) is 17.4 Å². The zero-order chi connectivity index (χ0) is 13.0. The monoisotopic (exact) mass is 309 g/mol. The van der Waals surface area contributed by atoms with E-state index in [1.807, 2.05) is 6.07 Å². The minimum absolute atomic E-state index is 0.230. The Balaban J connectivity index is 1.84. The number of amides is 1. The van der Waals surface area contributed by atoms with Gasteiger partial charge in [0.1, 0.15) is 5.75 Å².